The molecule has 0 radical (unpaired) electrons. The maximum Gasteiger partial charge on any atom is 0.289 e. The van der Waals surface area contributed by atoms with Gasteiger partial charge in [0.05, 0.1) is 10.9 Å². The Kier molecular flexibility index (Phi) is 12.1. The Labute approximate surface area is 252 Å². The first-order valence-corrected chi connectivity index (χ1v) is 15.3. The number of nitrogens with one attached hydrogen (secondary N) is 5. The fraction of sp³-hybridized carbons (Fsp3) is 0.433. The first kappa shape index (κ1) is 35.1. The van der Waals surface area contributed by atoms with E-state index in [0.717, 1.165) is 0 Å². The van der Waals surface area contributed by atoms with Gasteiger partial charge in [-0.1, -0.05) is 65.0 Å². The van der Waals surface area contributed by atoms with Gasteiger partial charge in [-0.05, 0) is 55.1 Å². The predicted molar refractivity (Wildman–Crippen MR) is 161 cm³/mol. The Balaban J connectivity index is 2.02. The van der Waals surface area contributed by atoms with Crippen LogP contribution in [-0.4, -0.2) is 63.0 Å². The van der Waals surface area contributed by atoms with Gasteiger partial charge in [-0.25, -0.2) is 13.1 Å². The first-order chi connectivity index (χ1) is 20.0. The molecule has 3 unspecified atom stereocenters. The van der Waals surface area contributed by atoms with Crippen LogP contribution >= 0.6 is 0 Å². The molecule has 12 nitrogen and oxygen atoms in total. The lowest BCUT2D eigenvalue weighted by Gasteiger charge is -2.31. The van der Waals surface area contributed by atoms with Crippen LogP contribution in [0.1, 0.15) is 57.5 Å². The molecule has 0 fully saturated rings. The van der Waals surface area contributed by atoms with Crippen molar-refractivity contribution >= 4 is 39.4 Å². The summed E-state index contributed by atoms with van der Waals surface area (Å²) < 4.78 is 26.0. The Morgan fingerprint density at radius 1 is 0.791 bits per heavy atom. The summed E-state index contributed by atoms with van der Waals surface area (Å²) in [5, 5.41) is 10.4. The Morgan fingerprint density at radius 2 is 1.37 bits per heavy atom. The summed E-state index contributed by atoms with van der Waals surface area (Å²) in [6.45, 7) is 10.0. The van der Waals surface area contributed by atoms with E-state index in [1.807, 2.05) is 0 Å². The molecule has 0 aliphatic heterocycles. The summed E-state index contributed by atoms with van der Waals surface area (Å²) in [5.41, 5.74) is 0.247. The second kappa shape index (κ2) is 14.9. The molecule has 0 bridgehead atoms. The Morgan fingerprint density at radius 3 is 1.88 bits per heavy atom. The summed E-state index contributed by atoms with van der Waals surface area (Å²) in [5.74, 6) is -3.97. The summed E-state index contributed by atoms with van der Waals surface area (Å²) in [6, 6.07) is 10.9. The average Bonchev–Trinajstić information content (AvgIpc) is 2.96. The highest BCUT2D eigenvalue weighted by Gasteiger charge is 2.36. The van der Waals surface area contributed by atoms with Crippen molar-refractivity contribution in [2.75, 3.05) is 7.05 Å². The fourth-order valence-corrected chi connectivity index (χ4v) is 4.70. The summed E-state index contributed by atoms with van der Waals surface area (Å²) in [4.78, 5) is 64.6. The fourth-order valence-electron chi connectivity index (χ4n) is 3.97. The number of sulfonamides is 1. The largest absolute Gasteiger partial charge is 0.345 e. The predicted octanol–water partition coefficient (Wildman–Crippen LogP) is 1.27. The van der Waals surface area contributed by atoms with Crippen molar-refractivity contribution in [1.29, 1.82) is 0 Å². The second-order valence-electron chi connectivity index (χ2n) is 11.5. The number of carbonyl (C=O) groups excluding carboxylic acids is 5. The Hall–Kier alpha value is -4.10. The lowest BCUT2D eigenvalue weighted by Crippen LogP contribution is -2.59. The van der Waals surface area contributed by atoms with Crippen LogP contribution in [0.15, 0.2) is 59.5 Å². The SMILES string of the molecule is CNS(=O)(=O)c1ccc(CNC(=O)C(=O)C(NC(=O)C(C)NC(=O)C(NC(=O)c2ccccc2)C(C)(C)C)C(C)C)cc1. The highest BCUT2D eigenvalue weighted by molar-refractivity contribution is 7.89. The Bertz CT molecular complexity index is 1420. The van der Waals surface area contributed by atoms with Crippen molar-refractivity contribution in [3.8, 4) is 0 Å². The molecule has 3 atom stereocenters. The number of hydrogen-bond acceptors (Lipinski definition) is 7. The molecule has 4 amide bonds. The highest BCUT2D eigenvalue weighted by atomic mass is 32.2. The van der Waals surface area contributed by atoms with E-state index in [1.54, 1.807) is 65.0 Å². The van der Waals surface area contributed by atoms with Crippen molar-refractivity contribution in [2.45, 2.75) is 71.1 Å². The van der Waals surface area contributed by atoms with Gasteiger partial charge in [0.1, 0.15) is 12.1 Å². The van der Waals surface area contributed by atoms with E-state index in [-0.39, 0.29) is 11.4 Å². The van der Waals surface area contributed by atoms with Crippen molar-refractivity contribution in [2.24, 2.45) is 11.3 Å². The van der Waals surface area contributed by atoms with Gasteiger partial charge in [0.25, 0.3) is 11.8 Å². The molecule has 5 N–H and O–H groups in total. The lowest BCUT2D eigenvalue weighted by molar-refractivity contribution is -0.141. The minimum atomic E-state index is -3.61. The highest BCUT2D eigenvalue weighted by Crippen LogP contribution is 2.20. The van der Waals surface area contributed by atoms with E-state index in [1.165, 1.54) is 38.2 Å². The number of amides is 4. The molecule has 0 saturated heterocycles. The van der Waals surface area contributed by atoms with Gasteiger partial charge >= 0.3 is 0 Å². The van der Waals surface area contributed by atoms with Crippen LogP contribution in [0.3, 0.4) is 0 Å². The zero-order valence-electron chi connectivity index (χ0n) is 25.5. The van der Waals surface area contributed by atoms with Gasteiger partial charge in [0.2, 0.25) is 27.6 Å². The van der Waals surface area contributed by atoms with Gasteiger partial charge < -0.3 is 21.3 Å². The number of Topliss-reactive ketones (excluding diaryl/α,β-unsaturated/α-hetero) is 1. The molecule has 13 heteroatoms. The zero-order chi connectivity index (χ0) is 32.5. The number of rotatable bonds is 13. The van der Waals surface area contributed by atoms with E-state index in [0.29, 0.717) is 11.1 Å². The van der Waals surface area contributed by atoms with Gasteiger partial charge in [-0.2, -0.15) is 0 Å². The van der Waals surface area contributed by atoms with Crippen LogP contribution in [-0.2, 0) is 35.7 Å². The van der Waals surface area contributed by atoms with Crippen molar-refractivity contribution in [1.82, 2.24) is 26.0 Å². The molecule has 2 aromatic rings. The zero-order valence-corrected chi connectivity index (χ0v) is 26.3. The van der Waals surface area contributed by atoms with Gasteiger partial charge in [-0.15, -0.1) is 0 Å². The van der Waals surface area contributed by atoms with Crippen molar-refractivity contribution in [3.63, 3.8) is 0 Å². The third-order valence-corrected chi connectivity index (χ3v) is 8.05. The number of carbonyl (C=O) groups is 5. The third kappa shape index (κ3) is 10.00. The maximum absolute atomic E-state index is 13.2. The minimum absolute atomic E-state index is 0.0431. The average molecular weight is 616 g/mol. The van der Waals surface area contributed by atoms with Crippen molar-refractivity contribution in [3.05, 3.63) is 65.7 Å². The molecular weight excluding hydrogens is 574 g/mol. The lowest BCUT2D eigenvalue weighted by atomic mass is 9.85. The summed E-state index contributed by atoms with van der Waals surface area (Å²) in [7, 11) is -2.32. The third-order valence-electron chi connectivity index (χ3n) is 6.62. The standard InChI is InChI=1S/C30H41N5O7S/c1-18(2)23(24(36)28(39)32-17-20-13-15-22(16-14-20)43(41,42)31-7)34-26(37)19(3)33-29(40)25(30(4,5)6)35-27(38)21-11-9-8-10-12-21/h8-16,18-19,23,25,31H,17H2,1-7H3,(H,32,39)(H,33,40)(H,34,37)(H,35,38). The minimum Gasteiger partial charge on any atom is -0.345 e. The maximum atomic E-state index is 13.2. The van der Waals surface area contributed by atoms with Crippen LogP contribution in [0.2, 0.25) is 0 Å². The molecule has 2 rings (SSSR count). The number of benzene rings is 2. The van der Waals surface area contributed by atoms with Crippen LogP contribution in [0.5, 0.6) is 0 Å². The van der Waals surface area contributed by atoms with Crippen molar-refractivity contribution < 1.29 is 32.4 Å². The van der Waals surface area contributed by atoms with E-state index in [4.69, 9.17) is 0 Å². The van der Waals surface area contributed by atoms with E-state index in [2.05, 4.69) is 26.0 Å². The van der Waals surface area contributed by atoms with Gasteiger partial charge in [0, 0.05) is 12.1 Å². The molecule has 2 aromatic carbocycles. The molecule has 43 heavy (non-hydrogen) atoms. The molecule has 0 heterocycles. The first-order valence-electron chi connectivity index (χ1n) is 13.8. The summed E-state index contributed by atoms with van der Waals surface area (Å²) >= 11 is 0. The molecular formula is C30H41N5O7S. The quantitative estimate of drug-likeness (QED) is 0.211. The van der Waals surface area contributed by atoms with E-state index < -0.39 is 68.9 Å². The molecule has 0 spiro atoms. The monoisotopic (exact) mass is 615 g/mol. The van der Waals surface area contributed by atoms with Crippen LogP contribution in [0.25, 0.3) is 0 Å². The van der Waals surface area contributed by atoms with Crippen LogP contribution in [0.4, 0.5) is 0 Å². The van der Waals surface area contributed by atoms with Gasteiger partial charge in [0.15, 0.2) is 0 Å². The van der Waals surface area contributed by atoms with E-state index in [9.17, 15) is 32.4 Å². The van der Waals surface area contributed by atoms with Gasteiger partial charge in [-0.3, -0.25) is 24.0 Å². The van der Waals surface area contributed by atoms with E-state index >= 15 is 0 Å². The number of ketones is 1. The normalized spacial score (nSPS) is 13.8. The topological polar surface area (TPSA) is 180 Å². The molecule has 0 aliphatic carbocycles. The smallest absolute Gasteiger partial charge is 0.289 e. The molecule has 234 valence electrons. The number of hydrogen-bond donors (Lipinski definition) is 5. The molecule has 0 saturated carbocycles. The summed E-state index contributed by atoms with van der Waals surface area (Å²) in [6.07, 6.45) is 0. The second-order valence-corrected chi connectivity index (χ2v) is 13.4. The molecule has 0 aromatic heterocycles. The van der Waals surface area contributed by atoms with Crippen LogP contribution in [0, 0.1) is 11.3 Å². The molecule has 0 aliphatic rings. The van der Waals surface area contributed by atoms with Crippen LogP contribution < -0.4 is 26.0 Å².